The van der Waals surface area contributed by atoms with E-state index in [1.807, 2.05) is 6.92 Å². The molecule has 0 aliphatic heterocycles. The van der Waals surface area contributed by atoms with Crippen molar-refractivity contribution < 1.29 is 23.9 Å². The van der Waals surface area contributed by atoms with Crippen LogP contribution in [0.5, 0.6) is 0 Å². The molecule has 0 saturated carbocycles. The van der Waals surface area contributed by atoms with E-state index in [2.05, 4.69) is 10.4 Å². The van der Waals surface area contributed by atoms with Gasteiger partial charge in [-0.2, -0.15) is 5.10 Å². The molecule has 0 fully saturated rings. The van der Waals surface area contributed by atoms with E-state index in [0.29, 0.717) is 23.4 Å². The maximum atomic E-state index is 12.6. The third kappa shape index (κ3) is 3.62. The fraction of sp³-hybridized carbons (Fsp3) is 0.412. The number of rotatable bonds is 6. The summed E-state index contributed by atoms with van der Waals surface area (Å²) >= 11 is 0.985. The van der Waals surface area contributed by atoms with Gasteiger partial charge in [-0.3, -0.25) is 9.48 Å². The zero-order chi connectivity index (χ0) is 19.4. The lowest BCUT2D eigenvalue weighted by molar-refractivity contribution is 0.0531. The van der Waals surface area contributed by atoms with Crippen LogP contribution in [0.4, 0.5) is 5.00 Å². The Hall–Kier alpha value is -2.68. The third-order valence-electron chi connectivity index (χ3n) is 3.87. The number of esters is 2. The van der Waals surface area contributed by atoms with Gasteiger partial charge in [-0.1, -0.05) is 0 Å². The second-order valence-corrected chi connectivity index (χ2v) is 6.41. The molecule has 1 N–H and O–H groups in total. The number of aromatic nitrogens is 2. The second-order valence-electron chi connectivity index (χ2n) is 5.39. The van der Waals surface area contributed by atoms with E-state index in [0.717, 1.165) is 11.3 Å². The maximum absolute atomic E-state index is 12.6. The van der Waals surface area contributed by atoms with Gasteiger partial charge in [0.2, 0.25) is 0 Å². The fourth-order valence-corrected chi connectivity index (χ4v) is 3.58. The summed E-state index contributed by atoms with van der Waals surface area (Å²) in [6.45, 7) is 7.87. The molecule has 0 saturated heterocycles. The molecule has 0 aliphatic carbocycles. The molecule has 0 aliphatic rings. The van der Waals surface area contributed by atoms with Crippen molar-refractivity contribution in [2.45, 2.75) is 34.2 Å². The van der Waals surface area contributed by atoms with Crippen LogP contribution in [0.3, 0.4) is 0 Å². The standard InChI is InChI=1S/C17H21N3O5S/c1-6-20-10(4)11(8-18-20)14(21)19-15-12(16(22)24-5)9(3)13(26-15)17(23)25-7-2/h8H,6-7H2,1-5H3,(H,19,21). The molecule has 9 heteroatoms. The van der Waals surface area contributed by atoms with E-state index in [9.17, 15) is 14.4 Å². The summed E-state index contributed by atoms with van der Waals surface area (Å²) in [6.07, 6.45) is 1.47. The zero-order valence-electron chi connectivity index (χ0n) is 15.3. The van der Waals surface area contributed by atoms with Crippen molar-refractivity contribution in [1.82, 2.24) is 9.78 Å². The molecule has 0 radical (unpaired) electrons. The highest BCUT2D eigenvalue weighted by molar-refractivity contribution is 7.18. The number of ether oxygens (including phenoxy) is 2. The molecule has 0 spiro atoms. The topological polar surface area (TPSA) is 99.5 Å². The number of carbonyl (C=O) groups excluding carboxylic acids is 3. The summed E-state index contributed by atoms with van der Waals surface area (Å²) < 4.78 is 11.5. The van der Waals surface area contributed by atoms with Gasteiger partial charge in [0.05, 0.1) is 31.0 Å². The van der Waals surface area contributed by atoms with Crippen LogP contribution >= 0.6 is 11.3 Å². The van der Waals surface area contributed by atoms with E-state index in [-0.39, 0.29) is 22.0 Å². The van der Waals surface area contributed by atoms with E-state index >= 15 is 0 Å². The van der Waals surface area contributed by atoms with Crippen LogP contribution in [0.1, 0.15) is 55.5 Å². The lowest BCUT2D eigenvalue weighted by Crippen LogP contribution is -2.15. The highest BCUT2D eigenvalue weighted by atomic mass is 32.1. The number of nitrogens with zero attached hydrogens (tertiary/aromatic N) is 2. The van der Waals surface area contributed by atoms with E-state index < -0.39 is 17.8 Å². The summed E-state index contributed by atoms with van der Waals surface area (Å²) in [6, 6.07) is 0. The average Bonchev–Trinajstić information content (AvgIpc) is 3.14. The monoisotopic (exact) mass is 379 g/mol. The Morgan fingerprint density at radius 1 is 1.23 bits per heavy atom. The van der Waals surface area contributed by atoms with Crippen molar-refractivity contribution in [2.75, 3.05) is 19.0 Å². The van der Waals surface area contributed by atoms with Crippen LogP contribution in [-0.2, 0) is 16.0 Å². The molecule has 2 rings (SSSR count). The van der Waals surface area contributed by atoms with Gasteiger partial charge in [0.15, 0.2) is 0 Å². The summed E-state index contributed by atoms with van der Waals surface area (Å²) in [5.41, 5.74) is 1.67. The lowest BCUT2D eigenvalue weighted by Gasteiger charge is -2.06. The number of aryl methyl sites for hydroxylation is 1. The van der Waals surface area contributed by atoms with Crippen LogP contribution in [0.2, 0.25) is 0 Å². The predicted molar refractivity (Wildman–Crippen MR) is 96.9 cm³/mol. The molecule has 0 bridgehead atoms. The number of nitrogens with one attached hydrogen (secondary N) is 1. The molecule has 2 aromatic heterocycles. The number of amides is 1. The van der Waals surface area contributed by atoms with Crippen molar-refractivity contribution in [3.8, 4) is 0 Å². The number of carbonyl (C=O) groups is 3. The van der Waals surface area contributed by atoms with Crippen LogP contribution in [0.15, 0.2) is 6.20 Å². The molecule has 0 aromatic carbocycles. The highest BCUT2D eigenvalue weighted by Crippen LogP contribution is 2.34. The van der Waals surface area contributed by atoms with Crippen molar-refractivity contribution >= 4 is 34.2 Å². The maximum Gasteiger partial charge on any atom is 0.348 e. The summed E-state index contributed by atoms with van der Waals surface area (Å²) in [7, 11) is 1.24. The SMILES string of the molecule is CCOC(=O)c1sc(NC(=O)c2cnn(CC)c2C)c(C(=O)OC)c1C. The van der Waals surface area contributed by atoms with Gasteiger partial charge in [-0.05, 0) is 33.3 Å². The predicted octanol–water partition coefficient (Wildman–Crippen LogP) is 2.80. The second kappa shape index (κ2) is 8.13. The Bertz CT molecular complexity index is 853. The minimum Gasteiger partial charge on any atom is -0.465 e. The first-order valence-corrected chi connectivity index (χ1v) is 8.89. The first-order chi connectivity index (χ1) is 12.3. The van der Waals surface area contributed by atoms with Gasteiger partial charge in [0.1, 0.15) is 9.88 Å². The van der Waals surface area contributed by atoms with Gasteiger partial charge < -0.3 is 14.8 Å². The largest absolute Gasteiger partial charge is 0.465 e. The Morgan fingerprint density at radius 3 is 2.46 bits per heavy atom. The van der Waals surface area contributed by atoms with Crippen LogP contribution in [0, 0.1) is 13.8 Å². The van der Waals surface area contributed by atoms with Crippen molar-refractivity contribution in [3.05, 3.63) is 33.5 Å². The van der Waals surface area contributed by atoms with Crippen molar-refractivity contribution in [3.63, 3.8) is 0 Å². The van der Waals surface area contributed by atoms with Crippen molar-refractivity contribution in [2.24, 2.45) is 0 Å². The Labute approximate surface area is 155 Å². The van der Waals surface area contributed by atoms with Gasteiger partial charge >= 0.3 is 11.9 Å². The Morgan fingerprint density at radius 2 is 1.92 bits per heavy atom. The van der Waals surface area contributed by atoms with Crippen LogP contribution in [0.25, 0.3) is 0 Å². The molecule has 26 heavy (non-hydrogen) atoms. The van der Waals surface area contributed by atoms with Gasteiger partial charge in [-0.25, -0.2) is 9.59 Å². The Balaban J connectivity index is 2.42. The number of hydrogen-bond acceptors (Lipinski definition) is 7. The molecule has 140 valence electrons. The number of hydrogen-bond donors (Lipinski definition) is 1. The minimum atomic E-state index is -0.634. The lowest BCUT2D eigenvalue weighted by atomic mass is 10.1. The number of thiophene rings is 1. The van der Waals surface area contributed by atoms with E-state index in [1.54, 1.807) is 25.5 Å². The van der Waals surface area contributed by atoms with E-state index in [1.165, 1.54) is 13.3 Å². The molecular formula is C17H21N3O5S. The third-order valence-corrected chi connectivity index (χ3v) is 5.06. The molecular weight excluding hydrogens is 358 g/mol. The van der Waals surface area contributed by atoms with Crippen LogP contribution < -0.4 is 5.32 Å². The molecule has 2 aromatic rings. The summed E-state index contributed by atoms with van der Waals surface area (Å²) in [5.74, 6) is -1.59. The summed E-state index contributed by atoms with van der Waals surface area (Å²) in [4.78, 5) is 37.1. The zero-order valence-corrected chi connectivity index (χ0v) is 16.2. The van der Waals surface area contributed by atoms with Gasteiger partial charge in [-0.15, -0.1) is 11.3 Å². The Kier molecular flexibility index (Phi) is 6.14. The molecule has 1 amide bonds. The first-order valence-electron chi connectivity index (χ1n) is 8.08. The minimum absolute atomic E-state index is 0.148. The van der Waals surface area contributed by atoms with Crippen molar-refractivity contribution in [1.29, 1.82) is 0 Å². The van der Waals surface area contributed by atoms with Crippen LogP contribution in [-0.4, -0.2) is 41.3 Å². The van der Waals surface area contributed by atoms with E-state index in [4.69, 9.17) is 9.47 Å². The molecule has 2 heterocycles. The average molecular weight is 379 g/mol. The number of anilines is 1. The highest BCUT2D eigenvalue weighted by Gasteiger charge is 2.27. The molecule has 0 atom stereocenters. The van der Waals surface area contributed by atoms with Gasteiger partial charge in [0.25, 0.3) is 5.91 Å². The van der Waals surface area contributed by atoms with Gasteiger partial charge in [0, 0.05) is 12.2 Å². The molecule has 8 nitrogen and oxygen atoms in total. The fourth-order valence-electron chi connectivity index (χ4n) is 2.50. The normalized spacial score (nSPS) is 10.5. The smallest absolute Gasteiger partial charge is 0.348 e. The summed E-state index contributed by atoms with van der Waals surface area (Å²) in [5, 5.41) is 7.08. The quantitative estimate of drug-likeness (QED) is 0.775. The number of methoxy groups -OCH3 is 1. The molecule has 0 unspecified atom stereocenters. The first kappa shape index (κ1) is 19.6.